The molecule has 1 rings (SSSR count). The highest BCUT2D eigenvalue weighted by molar-refractivity contribution is 9.10. The molecule has 0 unspecified atom stereocenters. The van der Waals surface area contributed by atoms with Crippen molar-refractivity contribution in [3.05, 3.63) is 28.7 Å². The van der Waals surface area contributed by atoms with Gasteiger partial charge in [-0.2, -0.15) is 0 Å². The molecule has 0 saturated carbocycles. The number of amides is 1. The van der Waals surface area contributed by atoms with Crippen LogP contribution in [-0.2, 0) is 4.79 Å². The molecule has 1 aromatic carbocycles. The van der Waals surface area contributed by atoms with Crippen LogP contribution in [0.25, 0.3) is 0 Å². The molecule has 1 aromatic rings. The number of hydrogen-bond donors (Lipinski definition) is 3. The molecule has 0 saturated heterocycles. The second-order valence-corrected chi connectivity index (χ2v) is 10.1. The number of rotatable bonds is 4. The molecule has 1 amide bonds. The summed E-state index contributed by atoms with van der Waals surface area (Å²) in [5.41, 5.74) is 0.582. The Hall–Kier alpha value is -0.270. The first kappa shape index (κ1) is 21.8. The number of hydrogen-bond acceptors (Lipinski definition) is 2. The smallest absolute Gasteiger partial charge is 0.228 e. The van der Waals surface area contributed by atoms with Gasteiger partial charge >= 0.3 is 0 Å². The van der Waals surface area contributed by atoms with E-state index >= 15 is 0 Å². The standard InChI is InChI=1S/C15H19BrCl3N3OS/c1-14(2,3)8-11(23)21-12(15(17,18)19)22-13(24)20-10-6-4-9(16)5-7-10/h4-7,12H,8H2,1-3H3,(H,21,23)(H2,20,22,24)/t12-/m0/s1. The second kappa shape index (κ2) is 8.90. The molecule has 134 valence electrons. The summed E-state index contributed by atoms with van der Waals surface area (Å²) in [6, 6.07) is 7.39. The van der Waals surface area contributed by atoms with E-state index in [1.165, 1.54) is 0 Å². The van der Waals surface area contributed by atoms with E-state index in [0.717, 1.165) is 10.2 Å². The zero-order valence-corrected chi connectivity index (χ0v) is 18.1. The Labute approximate surface area is 171 Å². The Morgan fingerprint density at radius 2 is 1.71 bits per heavy atom. The minimum Gasteiger partial charge on any atom is -0.339 e. The fourth-order valence-electron chi connectivity index (χ4n) is 1.72. The van der Waals surface area contributed by atoms with Crippen LogP contribution in [0.1, 0.15) is 27.2 Å². The maximum absolute atomic E-state index is 12.1. The molecule has 0 aromatic heterocycles. The monoisotopic (exact) mass is 473 g/mol. The zero-order valence-electron chi connectivity index (χ0n) is 13.4. The molecule has 24 heavy (non-hydrogen) atoms. The van der Waals surface area contributed by atoms with Gasteiger partial charge in [0.05, 0.1) is 0 Å². The van der Waals surface area contributed by atoms with Gasteiger partial charge in [-0.25, -0.2) is 0 Å². The maximum Gasteiger partial charge on any atom is 0.228 e. The van der Waals surface area contributed by atoms with E-state index in [0.29, 0.717) is 6.42 Å². The quantitative estimate of drug-likeness (QED) is 0.326. The van der Waals surface area contributed by atoms with E-state index in [1.54, 1.807) is 0 Å². The summed E-state index contributed by atoms with van der Waals surface area (Å²) in [5, 5.41) is 8.67. The van der Waals surface area contributed by atoms with Crippen molar-refractivity contribution >= 4 is 79.7 Å². The molecular weight excluding hydrogens is 457 g/mol. The van der Waals surface area contributed by atoms with Crippen LogP contribution in [0.2, 0.25) is 0 Å². The SMILES string of the molecule is CC(C)(C)CC(=O)N[C@@H](NC(=S)Nc1ccc(Br)cc1)C(Cl)(Cl)Cl. The van der Waals surface area contributed by atoms with E-state index in [2.05, 4.69) is 31.9 Å². The number of thiocarbonyl (C=S) groups is 1. The second-order valence-electron chi connectivity index (χ2n) is 6.38. The molecule has 0 fully saturated rings. The zero-order chi connectivity index (χ0) is 18.5. The molecule has 0 bridgehead atoms. The first-order valence-electron chi connectivity index (χ1n) is 7.06. The van der Waals surface area contributed by atoms with E-state index < -0.39 is 9.96 Å². The van der Waals surface area contributed by atoms with Gasteiger partial charge in [-0.3, -0.25) is 4.79 Å². The van der Waals surface area contributed by atoms with Crippen molar-refractivity contribution in [1.29, 1.82) is 0 Å². The Kier molecular flexibility index (Phi) is 8.07. The summed E-state index contributed by atoms with van der Waals surface area (Å²) < 4.78 is -0.820. The van der Waals surface area contributed by atoms with Gasteiger partial charge in [-0.1, -0.05) is 71.5 Å². The van der Waals surface area contributed by atoms with Gasteiger partial charge in [-0.05, 0) is 41.9 Å². The third kappa shape index (κ3) is 8.72. The summed E-state index contributed by atoms with van der Waals surface area (Å²) in [6.07, 6.45) is -0.674. The van der Waals surface area contributed by atoms with Crippen molar-refractivity contribution in [2.24, 2.45) is 5.41 Å². The van der Waals surface area contributed by atoms with Gasteiger partial charge in [0.25, 0.3) is 0 Å². The van der Waals surface area contributed by atoms with Gasteiger partial charge < -0.3 is 16.0 Å². The van der Waals surface area contributed by atoms with Crippen LogP contribution >= 0.6 is 63.0 Å². The topological polar surface area (TPSA) is 53.2 Å². The maximum atomic E-state index is 12.1. The van der Waals surface area contributed by atoms with Gasteiger partial charge in [0.15, 0.2) is 5.11 Å². The Balaban J connectivity index is 2.70. The summed E-state index contributed by atoms with van der Waals surface area (Å²) in [6.45, 7) is 5.85. The largest absolute Gasteiger partial charge is 0.339 e. The lowest BCUT2D eigenvalue weighted by Crippen LogP contribution is -2.56. The molecule has 3 N–H and O–H groups in total. The number of anilines is 1. The molecule has 4 nitrogen and oxygen atoms in total. The lowest BCUT2D eigenvalue weighted by Gasteiger charge is -2.29. The first-order chi connectivity index (χ1) is 10.9. The Morgan fingerprint density at radius 3 is 2.17 bits per heavy atom. The van der Waals surface area contributed by atoms with Crippen molar-refractivity contribution in [2.45, 2.75) is 37.2 Å². The van der Waals surface area contributed by atoms with Crippen LogP contribution in [0.3, 0.4) is 0 Å². The van der Waals surface area contributed by atoms with Crippen LogP contribution in [0.5, 0.6) is 0 Å². The molecular formula is C15H19BrCl3N3OS. The van der Waals surface area contributed by atoms with Gasteiger partial charge in [0.2, 0.25) is 9.70 Å². The number of benzene rings is 1. The average molecular weight is 476 g/mol. The lowest BCUT2D eigenvalue weighted by atomic mass is 9.92. The van der Waals surface area contributed by atoms with Crippen LogP contribution in [0.4, 0.5) is 5.69 Å². The highest BCUT2D eigenvalue weighted by atomic mass is 79.9. The molecule has 0 aliphatic rings. The fraction of sp³-hybridized carbons (Fsp3) is 0.467. The third-order valence-electron chi connectivity index (χ3n) is 2.70. The number of carbonyl (C=O) groups is 1. The average Bonchev–Trinajstić information content (AvgIpc) is 2.37. The molecule has 0 radical (unpaired) electrons. The Bertz CT molecular complexity index is 585. The molecule has 1 atom stereocenters. The number of nitrogens with one attached hydrogen (secondary N) is 3. The fourth-order valence-corrected chi connectivity index (χ4v) is 2.55. The van der Waals surface area contributed by atoms with Gasteiger partial charge in [0, 0.05) is 16.6 Å². The van der Waals surface area contributed by atoms with E-state index in [1.807, 2.05) is 45.0 Å². The number of carbonyl (C=O) groups excluding carboxylic acids is 1. The van der Waals surface area contributed by atoms with Gasteiger partial charge in [0.1, 0.15) is 6.17 Å². The molecule has 9 heteroatoms. The summed E-state index contributed by atoms with van der Waals surface area (Å²) in [4.78, 5) is 12.1. The van der Waals surface area contributed by atoms with Crippen molar-refractivity contribution in [3.63, 3.8) is 0 Å². The van der Waals surface area contributed by atoms with Crippen molar-refractivity contribution in [3.8, 4) is 0 Å². The minimum atomic E-state index is -1.76. The lowest BCUT2D eigenvalue weighted by molar-refractivity contribution is -0.123. The summed E-state index contributed by atoms with van der Waals surface area (Å²) >= 11 is 26.4. The third-order valence-corrected chi connectivity index (χ3v) is 4.10. The predicted octanol–water partition coefficient (Wildman–Crippen LogP) is 4.98. The number of halogens is 4. The van der Waals surface area contributed by atoms with E-state index in [-0.39, 0.29) is 16.4 Å². The number of alkyl halides is 3. The van der Waals surface area contributed by atoms with Crippen LogP contribution < -0.4 is 16.0 Å². The highest BCUT2D eigenvalue weighted by Crippen LogP contribution is 2.29. The van der Waals surface area contributed by atoms with Crippen molar-refractivity contribution in [2.75, 3.05) is 5.32 Å². The van der Waals surface area contributed by atoms with Crippen LogP contribution in [0, 0.1) is 5.41 Å². The Morgan fingerprint density at radius 1 is 1.17 bits per heavy atom. The van der Waals surface area contributed by atoms with E-state index in [9.17, 15) is 4.79 Å². The van der Waals surface area contributed by atoms with E-state index in [4.69, 9.17) is 47.0 Å². The molecule has 0 aliphatic carbocycles. The molecule has 0 heterocycles. The summed E-state index contributed by atoms with van der Waals surface area (Å²) in [7, 11) is 0. The molecule has 0 aliphatic heterocycles. The van der Waals surface area contributed by atoms with Crippen molar-refractivity contribution < 1.29 is 4.79 Å². The first-order valence-corrected chi connectivity index (χ1v) is 9.39. The summed E-state index contributed by atoms with van der Waals surface area (Å²) in [5.74, 6) is -0.238. The van der Waals surface area contributed by atoms with Gasteiger partial charge in [-0.15, -0.1) is 0 Å². The van der Waals surface area contributed by atoms with Crippen molar-refractivity contribution in [1.82, 2.24) is 10.6 Å². The minimum absolute atomic E-state index is 0.182. The molecule has 0 spiro atoms. The van der Waals surface area contributed by atoms with Crippen LogP contribution in [0.15, 0.2) is 28.7 Å². The predicted molar refractivity (Wildman–Crippen MR) is 110 cm³/mol. The normalized spacial score (nSPS) is 13.1. The van der Waals surface area contributed by atoms with Crippen LogP contribution in [-0.4, -0.2) is 21.0 Å². The highest BCUT2D eigenvalue weighted by Gasteiger charge is 2.35.